The van der Waals surface area contributed by atoms with Crippen molar-refractivity contribution in [2.45, 2.75) is 44.8 Å². The fraction of sp³-hybridized carbons (Fsp3) is 0.121. The molecule has 8 heteroatoms. The highest BCUT2D eigenvalue weighted by Crippen LogP contribution is 2.55. The third-order valence-electron chi connectivity index (χ3n) is 14.3. The van der Waals surface area contributed by atoms with Crippen LogP contribution in [-0.4, -0.2) is 22.8 Å². The molecule has 1 atom stereocenters. The van der Waals surface area contributed by atoms with Gasteiger partial charge < -0.3 is 14.9 Å². The highest BCUT2D eigenvalue weighted by atomic mass is 16.3. The molecule has 320 valence electrons. The Kier molecular flexibility index (Phi) is 8.51. The zero-order valence-electron chi connectivity index (χ0n) is 36.9. The number of aliphatic hydroxyl groups is 1. The van der Waals surface area contributed by atoms with Crippen molar-refractivity contribution >= 4 is 63.2 Å². The van der Waals surface area contributed by atoms with Crippen LogP contribution in [0.4, 0.5) is 45.5 Å². The van der Waals surface area contributed by atoms with E-state index in [9.17, 15) is 19.5 Å². The first kappa shape index (κ1) is 39.5. The molecule has 1 unspecified atom stereocenters. The van der Waals surface area contributed by atoms with Crippen LogP contribution in [0.15, 0.2) is 182 Å². The number of imide groups is 1. The van der Waals surface area contributed by atoms with Gasteiger partial charge in [0.2, 0.25) is 0 Å². The molecule has 4 aliphatic rings. The second-order valence-corrected chi connectivity index (χ2v) is 18.5. The second-order valence-electron chi connectivity index (χ2n) is 18.5. The van der Waals surface area contributed by atoms with Gasteiger partial charge in [-0.15, -0.1) is 0 Å². The Morgan fingerprint density at radius 3 is 1.24 bits per heavy atom. The predicted molar refractivity (Wildman–Crippen MR) is 261 cm³/mol. The number of carbonyl (C=O) groups is 3. The van der Waals surface area contributed by atoms with Gasteiger partial charge in [-0.05, 0) is 100 Å². The largest absolute Gasteiger partial charge is 0.369 e. The first-order valence-electron chi connectivity index (χ1n) is 22.3. The molecule has 3 amide bonds. The topological polar surface area (TPSA) is 84.4 Å². The van der Waals surface area contributed by atoms with Gasteiger partial charge in [0, 0.05) is 22.1 Å². The summed E-state index contributed by atoms with van der Waals surface area (Å²) in [4.78, 5) is 50.3. The lowest BCUT2D eigenvalue weighted by Crippen LogP contribution is -2.32. The van der Waals surface area contributed by atoms with Crippen LogP contribution in [0.3, 0.4) is 0 Å². The van der Waals surface area contributed by atoms with Gasteiger partial charge in [-0.1, -0.05) is 143 Å². The van der Waals surface area contributed by atoms with Crippen LogP contribution < -0.4 is 19.6 Å². The van der Waals surface area contributed by atoms with Gasteiger partial charge in [-0.3, -0.25) is 19.3 Å². The molecule has 0 spiro atoms. The van der Waals surface area contributed by atoms with E-state index < -0.39 is 6.23 Å². The number of nitrogens with zero attached hydrogens (tertiary/aromatic N) is 4. The van der Waals surface area contributed by atoms with E-state index in [2.05, 4.69) is 98.2 Å². The summed E-state index contributed by atoms with van der Waals surface area (Å²) >= 11 is 0. The van der Waals surface area contributed by atoms with Gasteiger partial charge in [0.15, 0.2) is 6.23 Å². The number of aliphatic hydroxyl groups excluding tert-OH is 1. The second kappa shape index (κ2) is 14.2. The molecule has 4 aliphatic heterocycles. The fourth-order valence-corrected chi connectivity index (χ4v) is 11.0. The summed E-state index contributed by atoms with van der Waals surface area (Å²) in [5.74, 6) is -1.03. The highest BCUT2D eigenvalue weighted by molar-refractivity contribution is 6.36. The van der Waals surface area contributed by atoms with Gasteiger partial charge in [0.25, 0.3) is 17.7 Å². The minimum absolute atomic E-state index is 0.259. The van der Waals surface area contributed by atoms with Crippen molar-refractivity contribution in [1.29, 1.82) is 0 Å². The maximum atomic E-state index is 14.6. The van der Waals surface area contributed by atoms with E-state index in [0.29, 0.717) is 45.0 Å². The average Bonchev–Trinajstić information content (AvgIpc) is 3.76. The van der Waals surface area contributed by atoms with Gasteiger partial charge >= 0.3 is 0 Å². The smallest absolute Gasteiger partial charge is 0.268 e. The molecular weight excluding hydrogens is 817 g/mol. The van der Waals surface area contributed by atoms with Crippen molar-refractivity contribution in [2.75, 3.05) is 19.6 Å². The molecule has 0 saturated heterocycles. The summed E-state index contributed by atoms with van der Waals surface area (Å²) < 4.78 is 0. The molecule has 0 aliphatic carbocycles. The fourth-order valence-electron chi connectivity index (χ4n) is 11.0. The summed E-state index contributed by atoms with van der Waals surface area (Å²) in [5.41, 5.74) is 13.8. The molecule has 0 radical (unpaired) electrons. The van der Waals surface area contributed by atoms with E-state index in [-0.39, 0.29) is 28.6 Å². The molecule has 8 nitrogen and oxygen atoms in total. The van der Waals surface area contributed by atoms with E-state index in [0.717, 1.165) is 56.1 Å². The number of amides is 3. The molecule has 1 N–H and O–H groups in total. The zero-order valence-corrected chi connectivity index (χ0v) is 36.9. The number of carbonyl (C=O) groups excluding carboxylic acids is 3. The van der Waals surface area contributed by atoms with E-state index >= 15 is 0 Å². The number of anilines is 8. The monoisotopic (exact) mass is 860 g/mol. The van der Waals surface area contributed by atoms with Crippen molar-refractivity contribution in [3.8, 4) is 11.1 Å². The first-order valence-corrected chi connectivity index (χ1v) is 22.3. The van der Waals surface area contributed by atoms with E-state index in [1.807, 2.05) is 103 Å². The van der Waals surface area contributed by atoms with E-state index in [4.69, 9.17) is 0 Å². The van der Waals surface area contributed by atoms with Crippen LogP contribution in [0.25, 0.3) is 11.1 Å². The lowest BCUT2D eigenvalue weighted by atomic mass is 9.73. The van der Waals surface area contributed by atoms with Gasteiger partial charge in [-0.2, -0.15) is 0 Å². The number of hydrogen-bond acceptors (Lipinski definition) is 6. The van der Waals surface area contributed by atoms with Crippen molar-refractivity contribution in [3.05, 3.63) is 226 Å². The number of para-hydroxylation sites is 4. The first-order chi connectivity index (χ1) is 32.0. The third kappa shape index (κ3) is 5.45. The number of fused-ring (bicyclic) bond motifs is 6. The van der Waals surface area contributed by atoms with Gasteiger partial charge in [0.1, 0.15) is 0 Å². The van der Waals surface area contributed by atoms with Crippen LogP contribution >= 0.6 is 0 Å². The maximum absolute atomic E-state index is 14.6. The lowest BCUT2D eigenvalue weighted by Gasteiger charge is -2.42. The van der Waals surface area contributed by atoms with Crippen molar-refractivity contribution in [2.24, 2.45) is 0 Å². The molecule has 0 saturated carbocycles. The lowest BCUT2D eigenvalue weighted by molar-refractivity contribution is 0.0917. The Balaban J connectivity index is 0.831. The normalized spacial score (nSPS) is 17.2. The number of benzene rings is 8. The standard InChI is InChI=1S/C58H44N4O4/c1-57(2)41-17-5-9-21-45(41)61(46-22-10-6-18-42(46)57)49-25-13-15-39-51(49)55(65)59(53(39)63)37-31-27-35(28-32-37)36-29-33-38(34-30-36)60-54(64)40-16-14-26-50(52(40)56(60)66)62-47-23-11-7-19-43(47)58(3,4)44-20-8-12-24-48(44)62/h5-34,53,63H,1-4H3. The molecule has 0 fully saturated rings. The molecular formula is C58H44N4O4. The summed E-state index contributed by atoms with van der Waals surface area (Å²) in [6, 6.07) is 59.2. The van der Waals surface area contributed by atoms with Gasteiger partial charge in [-0.25, -0.2) is 4.90 Å². The van der Waals surface area contributed by atoms with Crippen LogP contribution in [0.1, 0.15) is 92.8 Å². The summed E-state index contributed by atoms with van der Waals surface area (Å²) in [5, 5.41) is 11.8. The van der Waals surface area contributed by atoms with Gasteiger partial charge in [0.05, 0.1) is 56.5 Å². The Labute approximate surface area is 383 Å². The Morgan fingerprint density at radius 2 is 0.773 bits per heavy atom. The maximum Gasteiger partial charge on any atom is 0.268 e. The predicted octanol–water partition coefficient (Wildman–Crippen LogP) is 13.0. The third-order valence-corrected chi connectivity index (χ3v) is 14.3. The summed E-state index contributed by atoms with van der Waals surface area (Å²) in [7, 11) is 0. The summed E-state index contributed by atoms with van der Waals surface area (Å²) in [6.45, 7) is 8.89. The van der Waals surface area contributed by atoms with Crippen molar-refractivity contribution < 1.29 is 19.5 Å². The van der Waals surface area contributed by atoms with Crippen LogP contribution in [0.5, 0.6) is 0 Å². The minimum Gasteiger partial charge on any atom is -0.369 e. The van der Waals surface area contributed by atoms with Crippen LogP contribution in [-0.2, 0) is 10.8 Å². The van der Waals surface area contributed by atoms with Crippen LogP contribution in [0.2, 0.25) is 0 Å². The highest BCUT2D eigenvalue weighted by Gasteiger charge is 2.45. The Morgan fingerprint density at radius 1 is 0.379 bits per heavy atom. The Bertz CT molecular complexity index is 3270. The molecule has 8 aromatic rings. The molecule has 0 aromatic heterocycles. The SMILES string of the molecule is CC1(C)c2ccccc2N(c2cccc3c2C(=O)N(c2ccc(-c4ccc(N5C(=O)c6c(cccc6N6c7ccccc7C(C)(C)c7ccccc76)C5O)cc4)cc2)C3=O)c2ccccc21. The quantitative estimate of drug-likeness (QED) is 0.174. The molecule has 8 aromatic carbocycles. The van der Waals surface area contributed by atoms with E-state index in [1.165, 1.54) is 9.80 Å². The average molecular weight is 861 g/mol. The number of hydrogen-bond donors (Lipinski definition) is 1. The molecule has 4 heterocycles. The van der Waals surface area contributed by atoms with Crippen molar-refractivity contribution in [3.63, 3.8) is 0 Å². The number of rotatable bonds is 5. The summed E-state index contributed by atoms with van der Waals surface area (Å²) in [6.07, 6.45) is -1.18. The Hall–Kier alpha value is -8.07. The molecule has 66 heavy (non-hydrogen) atoms. The van der Waals surface area contributed by atoms with E-state index in [1.54, 1.807) is 18.2 Å². The molecule has 12 rings (SSSR count). The van der Waals surface area contributed by atoms with Crippen LogP contribution in [0, 0.1) is 0 Å². The van der Waals surface area contributed by atoms with Crippen molar-refractivity contribution in [1.82, 2.24) is 0 Å². The minimum atomic E-state index is -1.18. The zero-order chi connectivity index (χ0) is 45.2. The molecule has 0 bridgehead atoms.